The molecule has 0 saturated carbocycles. The summed E-state index contributed by atoms with van der Waals surface area (Å²) in [4.78, 5) is 0. The van der Waals surface area contributed by atoms with E-state index in [2.05, 4.69) is 56.8 Å². The van der Waals surface area contributed by atoms with Crippen LogP contribution >= 0.6 is 28.1 Å². The third-order valence-corrected chi connectivity index (χ3v) is 6.00. The Hall–Kier alpha value is -3.17. The predicted octanol–water partition coefficient (Wildman–Crippen LogP) is 5.66. The molecule has 4 rings (SSSR count). The molecule has 0 unspecified atom stereocenters. The Bertz CT molecular complexity index is 1260. The maximum atomic E-state index is 5.74. The van der Waals surface area contributed by atoms with Gasteiger partial charge in [-0.05, 0) is 68.4 Å². The largest absolute Gasteiger partial charge is 0.471 e. The number of benzene rings is 2. The highest BCUT2D eigenvalue weighted by atomic mass is 79.9. The molecule has 33 heavy (non-hydrogen) atoms. The number of aryl methyl sites for hydroxylation is 2. The third-order valence-electron chi connectivity index (χ3n) is 5.27. The smallest absolute Gasteiger partial charge is 0.180 e. The average Bonchev–Trinajstić information content (AvgIpc) is 3.34. The van der Waals surface area contributed by atoms with Gasteiger partial charge in [-0.25, -0.2) is 4.68 Å². The van der Waals surface area contributed by atoms with Crippen molar-refractivity contribution in [1.29, 1.82) is 0 Å². The van der Waals surface area contributed by atoms with Gasteiger partial charge in [0.25, 0.3) is 0 Å². The highest BCUT2D eigenvalue weighted by molar-refractivity contribution is 9.10. The Morgan fingerprint density at radius 2 is 1.82 bits per heavy atom. The number of rotatable bonds is 7. The molecule has 0 aliphatic carbocycles. The van der Waals surface area contributed by atoms with Gasteiger partial charge in [0.05, 0.1) is 41.7 Å². The number of nitrogens with one attached hydrogen (secondary N) is 2. The zero-order valence-electron chi connectivity index (χ0n) is 18.7. The van der Waals surface area contributed by atoms with Crippen molar-refractivity contribution in [3.63, 3.8) is 0 Å². The van der Waals surface area contributed by atoms with Crippen LogP contribution in [0.4, 0.5) is 11.4 Å². The van der Waals surface area contributed by atoms with Crippen LogP contribution in [0.1, 0.15) is 22.5 Å². The minimum Gasteiger partial charge on any atom is -0.471 e. The molecule has 0 aliphatic heterocycles. The van der Waals surface area contributed by atoms with Gasteiger partial charge in [0.1, 0.15) is 5.75 Å². The van der Waals surface area contributed by atoms with Crippen LogP contribution < -0.4 is 15.4 Å². The van der Waals surface area contributed by atoms with Gasteiger partial charge in [-0.2, -0.15) is 10.2 Å². The minimum absolute atomic E-state index is 0.299. The molecule has 0 atom stereocenters. The van der Waals surface area contributed by atoms with E-state index in [4.69, 9.17) is 22.1 Å². The SMILES string of the molecule is Cc1ccccc1Cn1nc(C)c(NC(=S)Nc2cnn(COc3ccc(Br)cc3)c2)c1C. The second kappa shape index (κ2) is 10.2. The van der Waals surface area contributed by atoms with Crippen molar-refractivity contribution in [3.05, 3.63) is 87.9 Å². The lowest BCUT2D eigenvalue weighted by atomic mass is 10.1. The average molecular weight is 525 g/mol. The first-order chi connectivity index (χ1) is 15.9. The molecule has 0 fully saturated rings. The van der Waals surface area contributed by atoms with E-state index in [1.165, 1.54) is 11.1 Å². The summed E-state index contributed by atoms with van der Waals surface area (Å²) in [6, 6.07) is 16.0. The van der Waals surface area contributed by atoms with Gasteiger partial charge >= 0.3 is 0 Å². The molecule has 2 heterocycles. The van der Waals surface area contributed by atoms with Gasteiger partial charge in [0.15, 0.2) is 11.8 Å². The molecule has 0 saturated heterocycles. The summed E-state index contributed by atoms with van der Waals surface area (Å²) in [7, 11) is 0. The van der Waals surface area contributed by atoms with Crippen LogP contribution in [0.25, 0.3) is 0 Å². The maximum Gasteiger partial charge on any atom is 0.180 e. The first kappa shape index (κ1) is 23.0. The van der Waals surface area contributed by atoms with Crippen LogP contribution in [0.3, 0.4) is 0 Å². The number of halogens is 1. The number of ether oxygens (including phenoxy) is 1. The zero-order valence-corrected chi connectivity index (χ0v) is 21.1. The van der Waals surface area contributed by atoms with Gasteiger partial charge in [-0.3, -0.25) is 4.68 Å². The predicted molar refractivity (Wildman–Crippen MR) is 139 cm³/mol. The van der Waals surface area contributed by atoms with Crippen LogP contribution in [0.15, 0.2) is 65.4 Å². The molecule has 0 bridgehead atoms. The number of thiocarbonyl (C=S) groups is 1. The fourth-order valence-corrected chi connectivity index (χ4v) is 3.91. The Balaban J connectivity index is 1.36. The van der Waals surface area contributed by atoms with E-state index in [0.717, 1.165) is 33.0 Å². The highest BCUT2D eigenvalue weighted by Crippen LogP contribution is 2.22. The summed E-state index contributed by atoms with van der Waals surface area (Å²) in [6.45, 7) is 7.15. The Kier molecular flexibility index (Phi) is 7.10. The van der Waals surface area contributed by atoms with Gasteiger partial charge in [0, 0.05) is 4.47 Å². The van der Waals surface area contributed by atoms with Crippen molar-refractivity contribution >= 4 is 44.6 Å². The lowest BCUT2D eigenvalue weighted by molar-refractivity contribution is 0.221. The van der Waals surface area contributed by atoms with Crippen LogP contribution in [0.2, 0.25) is 0 Å². The van der Waals surface area contributed by atoms with E-state index in [-0.39, 0.29) is 0 Å². The molecule has 2 aromatic carbocycles. The van der Waals surface area contributed by atoms with E-state index in [0.29, 0.717) is 18.4 Å². The van der Waals surface area contributed by atoms with Gasteiger partial charge in [-0.15, -0.1) is 0 Å². The summed E-state index contributed by atoms with van der Waals surface area (Å²) in [5.74, 6) is 0.772. The molecule has 0 spiro atoms. The van der Waals surface area contributed by atoms with Crippen molar-refractivity contribution in [2.75, 3.05) is 10.6 Å². The van der Waals surface area contributed by atoms with E-state index in [1.54, 1.807) is 10.9 Å². The number of hydrogen-bond donors (Lipinski definition) is 2. The van der Waals surface area contributed by atoms with Crippen molar-refractivity contribution in [2.24, 2.45) is 0 Å². The molecule has 2 N–H and O–H groups in total. The molecule has 4 aromatic rings. The third kappa shape index (κ3) is 5.80. The number of nitrogens with zero attached hydrogens (tertiary/aromatic N) is 4. The second-order valence-corrected chi connectivity index (χ2v) is 9.03. The first-order valence-corrected chi connectivity index (χ1v) is 11.7. The van der Waals surface area contributed by atoms with Gasteiger partial charge in [0.2, 0.25) is 0 Å². The number of hydrogen-bond acceptors (Lipinski definition) is 4. The summed E-state index contributed by atoms with van der Waals surface area (Å²) < 4.78 is 10.5. The summed E-state index contributed by atoms with van der Waals surface area (Å²) in [6.07, 6.45) is 3.55. The van der Waals surface area contributed by atoms with Crippen molar-refractivity contribution < 1.29 is 4.74 Å². The summed E-state index contributed by atoms with van der Waals surface area (Å²) >= 11 is 8.94. The number of aromatic nitrogens is 4. The monoisotopic (exact) mass is 524 g/mol. The van der Waals surface area contributed by atoms with Crippen molar-refractivity contribution in [3.8, 4) is 5.75 Å². The van der Waals surface area contributed by atoms with E-state index in [1.807, 2.05) is 55.1 Å². The van der Waals surface area contributed by atoms with E-state index < -0.39 is 0 Å². The quantitative estimate of drug-likeness (QED) is 0.304. The topological polar surface area (TPSA) is 68.9 Å². The minimum atomic E-state index is 0.299. The van der Waals surface area contributed by atoms with Crippen LogP contribution in [0, 0.1) is 20.8 Å². The molecule has 7 nitrogen and oxygen atoms in total. The van der Waals surface area contributed by atoms with Gasteiger partial charge < -0.3 is 15.4 Å². The molecule has 9 heteroatoms. The molecular formula is C24H25BrN6OS. The molecule has 0 amide bonds. The molecule has 0 aliphatic rings. The maximum absolute atomic E-state index is 5.74. The molecule has 0 radical (unpaired) electrons. The lowest BCUT2D eigenvalue weighted by Gasteiger charge is -2.11. The zero-order chi connectivity index (χ0) is 23.4. The van der Waals surface area contributed by atoms with Crippen LogP contribution in [-0.4, -0.2) is 24.7 Å². The molecule has 170 valence electrons. The van der Waals surface area contributed by atoms with E-state index >= 15 is 0 Å². The Morgan fingerprint density at radius 3 is 2.58 bits per heavy atom. The van der Waals surface area contributed by atoms with Crippen LogP contribution in [-0.2, 0) is 13.3 Å². The van der Waals surface area contributed by atoms with Crippen molar-refractivity contribution in [2.45, 2.75) is 34.0 Å². The second-order valence-electron chi connectivity index (χ2n) is 7.70. The highest BCUT2D eigenvalue weighted by Gasteiger charge is 2.14. The fraction of sp³-hybridized carbons (Fsp3) is 0.208. The van der Waals surface area contributed by atoms with Gasteiger partial charge in [-0.1, -0.05) is 40.2 Å². The van der Waals surface area contributed by atoms with Crippen LogP contribution in [0.5, 0.6) is 5.75 Å². The summed E-state index contributed by atoms with van der Waals surface area (Å²) in [5, 5.41) is 16.0. The first-order valence-electron chi connectivity index (χ1n) is 10.5. The van der Waals surface area contributed by atoms with E-state index in [9.17, 15) is 0 Å². The summed E-state index contributed by atoms with van der Waals surface area (Å²) in [5.41, 5.74) is 6.09. The Labute approximate surface area is 206 Å². The fourth-order valence-electron chi connectivity index (χ4n) is 3.43. The molecular weight excluding hydrogens is 500 g/mol. The number of anilines is 2. The van der Waals surface area contributed by atoms with Crippen molar-refractivity contribution in [1.82, 2.24) is 19.6 Å². The lowest BCUT2D eigenvalue weighted by Crippen LogP contribution is -2.19. The standard InChI is InChI=1S/C24H25BrN6OS/c1-16-6-4-5-7-19(16)13-31-18(3)23(17(2)29-31)28-24(33)27-21-12-26-30(14-21)15-32-22-10-8-20(25)9-11-22/h4-12,14H,13,15H2,1-3H3,(H2,27,28,33). The molecule has 2 aromatic heterocycles. The Morgan fingerprint density at radius 1 is 1.06 bits per heavy atom. The normalized spacial score (nSPS) is 10.8.